The van der Waals surface area contributed by atoms with Gasteiger partial charge in [0.1, 0.15) is 0 Å². The van der Waals surface area contributed by atoms with Gasteiger partial charge in [-0.15, -0.1) is 11.3 Å². The van der Waals surface area contributed by atoms with Crippen molar-refractivity contribution in [3.8, 4) is 0 Å². The highest BCUT2D eigenvalue weighted by Crippen LogP contribution is 2.28. The van der Waals surface area contributed by atoms with Crippen molar-refractivity contribution in [3.05, 3.63) is 11.1 Å². The predicted molar refractivity (Wildman–Crippen MR) is 79.2 cm³/mol. The first-order chi connectivity index (χ1) is 9.04. The normalized spacial score (nSPS) is 20.4. The molecule has 0 saturated carbocycles. The summed E-state index contributed by atoms with van der Waals surface area (Å²) in [7, 11) is -3.15. The van der Waals surface area contributed by atoms with Crippen LogP contribution in [0.15, 0.2) is 5.38 Å². The average molecular weight is 303 g/mol. The van der Waals surface area contributed by atoms with Crippen molar-refractivity contribution in [2.24, 2.45) is 0 Å². The zero-order valence-electron chi connectivity index (χ0n) is 11.4. The Balaban J connectivity index is 2.12. The molecule has 7 heteroatoms. The Bertz CT molecular complexity index is 513. The minimum absolute atomic E-state index is 0.164. The fourth-order valence-electron chi connectivity index (χ4n) is 2.06. The lowest BCUT2D eigenvalue weighted by Crippen LogP contribution is -2.37. The number of hydrogen-bond donors (Lipinski definition) is 1. The van der Waals surface area contributed by atoms with Gasteiger partial charge >= 0.3 is 0 Å². The van der Waals surface area contributed by atoms with Crippen LogP contribution in [0.25, 0.3) is 0 Å². The number of anilines is 1. The molecule has 108 valence electrons. The Labute approximate surface area is 119 Å². The Morgan fingerprint density at radius 2 is 2.32 bits per heavy atom. The quantitative estimate of drug-likeness (QED) is 0.905. The molecule has 0 aromatic carbocycles. The van der Waals surface area contributed by atoms with E-state index < -0.39 is 10.0 Å². The van der Waals surface area contributed by atoms with Crippen LogP contribution in [0.4, 0.5) is 5.13 Å². The third-order valence-electron chi connectivity index (χ3n) is 3.22. The van der Waals surface area contributed by atoms with Crippen molar-refractivity contribution in [1.29, 1.82) is 0 Å². The van der Waals surface area contributed by atoms with Crippen LogP contribution in [0.1, 0.15) is 44.8 Å². The van der Waals surface area contributed by atoms with E-state index in [9.17, 15) is 8.42 Å². The maximum atomic E-state index is 12.0. The second-order valence-electron chi connectivity index (χ2n) is 4.83. The first-order valence-electron chi connectivity index (χ1n) is 6.74. The predicted octanol–water partition coefficient (Wildman–Crippen LogP) is 2.13. The summed E-state index contributed by atoms with van der Waals surface area (Å²) in [5.74, 6) is 0.242. The fraction of sp³-hybridized carbons (Fsp3) is 0.750. The minimum Gasteiger partial charge on any atom is -0.309 e. The standard InChI is InChI=1S/C12H21N3O2S2/c1-3-6-13-10(2)11-9-18-12(14-11)15-7-4-5-8-19(15,16)17/h9-10,13H,3-8H2,1-2H3. The van der Waals surface area contributed by atoms with Crippen LogP contribution in [0.5, 0.6) is 0 Å². The maximum absolute atomic E-state index is 12.0. The zero-order chi connectivity index (χ0) is 13.9. The first kappa shape index (κ1) is 14.7. The van der Waals surface area contributed by atoms with Crippen molar-refractivity contribution in [2.45, 2.75) is 39.2 Å². The third-order valence-corrected chi connectivity index (χ3v) is 6.05. The van der Waals surface area contributed by atoms with E-state index in [1.807, 2.05) is 5.38 Å². The van der Waals surface area contributed by atoms with Gasteiger partial charge in [0.05, 0.1) is 11.4 Å². The van der Waals surface area contributed by atoms with Gasteiger partial charge in [0.25, 0.3) is 0 Å². The molecule has 1 aromatic rings. The second-order valence-corrected chi connectivity index (χ2v) is 7.68. The molecule has 0 spiro atoms. The molecule has 1 aromatic heterocycles. The average Bonchev–Trinajstić information content (AvgIpc) is 2.84. The molecule has 0 bridgehead atoms. The van der Waals surface area contributed by atoms with Crippen molar-refractivity contribution < 1.29 is 8.42 Å². The number of nitrogens with one attached hydrogen (secondary N) is 1. The molecule has 2 rings (SSSR count). The molecule has 0 radical (unpaired) electrons. The highest BCUT2D eigenvalue weighted by Gasteiger charge is 2.28. The van der Waals surface area contributed by atoms with Crippen LogP contribution in [-0.4, -0.2) is 32.2 Å². The fourth-order valence-corrected chi connectivity index (χ4v) is 4.85. The minimum atomic E-state index is -3.15. The summed E-state index contributed by atoms with van der Waals surface area (Å²) < 4.78 is 25.5. The first-order valence-corrected chi connectivity index (χ1v) is 9.22. The lowest BCUT2D eigenvalue weighted by molar-refractivity contribution is 0.559. The van der Waals surface area contributed by atoms with E-state index in [1.54, 1.807) is 0 Å². The van der Waals surface area contributed by atoms with Crippen LogP contribution in [0, 0.1) is 0 Å². The van der Waals surface area contributed by atoms with Crippen LogP contribution >= 0.6 is 11.3 Å². The number of thiazole rings is 1. The summed E-state index contributed by atoms with van der Waals surface area (Å²) in [4.78, 5) is 4.49. The Hall–Kier alpha value is -0.660. The monoisotopic (exact) mass is 303 g/mol. The molecule has 0 amide bonds. The van der Waals surface area contributed by atoms with Crippen LogP contribution < -0.4 is 9.62 Å². The summed E-state index contributed by atoms with van der Waals surface area (Å²) in [5, 5.41) is 5.92. The van der Waals surface area contributed by atoms with Crippen molar-refractivity contribution in [3.63, 3.8) is 0 Å². The van der Waals surface area contributed by atoms with Gasteiger partial charge in [0.15, 0.2) is 5.13 Å². The highest BCUT2D eigenvalue weighted by atomic mass is 32.2. The zero-order valence-corrected chi connectivity index (χ0v) is 13.1. The third kappa shape index (κ3) is 3.46. The van der Waals surface area contributed by atoms with Crippen LogP contribution in [0.3, 0.4) is 0 Å². The summed E-state index contributed by atoms with van der Waals surface area (Å²) in [6.45, 7) is 5.67. The number of sulfonamides is 1. The molecule has 2 heterocycles. The summed E-state index contributed by atoms with van der Waals surface area (Å²) in [5.41, 5.74) is 0.925. The molecule has 1 unspecified atom stereocenters. The van der Waals surface area contributed by atoms with Gasteiger partial charge < -0.3 is 5.32 Å². The van der Waals surface area contributed by atoms with E-state index in [-0.39, 0.29) is 11.8 Å². The second kappa shape index (κ2) is 6.19. The molecule has 1 aliphatic heterocycles. The van der Waals surface area contributed by atoms with Gasteiger partial charge in [-0.2, -0.15) is 0 Å². The van der Waals surface area contributed by atoms with Gasteiger partial charge in [-0.05, 0) is 32.7 Å². The molecule has 5 nitrogen and oxygen atoms in total. The van der Waals surface area contributed by atoms with Crippen LogP contribution in [0.2, 0.25) is 0 Å². The molecule has 1 fully saturated rings. The number of rotatable bonds is 5. The summed E-state index contributed by atoms with van der Waals surface area (Å²) in [6, 6.07) is 0.164. The Morgan fingerprint density at radius 3 is 3.00 bits per heavy atom. The van der Waals surface area contributed by atoms with E-state index >= 15 is 0 Å². The van der Waals surface area contributed by atoms with Gasteiger partial charge in [0, 0.05) is 18.0 Å². The molecule has 0 aliphatic carbocycles. The van der Waals surface area contributed by atoms with E-state index in [4.69, 9.17) is 0 Å². The SMILES string of the molecule is CCCNC(C)c1csc(N2CCCCS2(=O)=O)n1. The smallest absolute Gasteiger partial charge is 0.236 e. The lowest BCUT2D eigenvalue weighted by atomic mass is 10.2. The number of hydrogen-bond acceptors (Lipinski definition) is 5. The van der Waals surface area contributed by atoms with Crippen molar-refractivity contribution in [2.75, 3.05) is 23.1 Å². The molecule has 1 atom stereocenters. The van der Waals surface area contributed by atoms with E-state index in [0.717, 1.165) is 31.5 Å². The number of nitrogens with zero attached hydrogens (tertiary/aromatic N) is 2. The number of aromatic nitrogens is 1. The van der Waals surface area contributed by atoms with Crippen LogP contribution in [-0.2, 0) is 10.0 Å². The van der Waals surface area contributed by atoms with Gasteiger partial charge in [-0.3, -0.25) is 0 Å². The topological polar surface area (TPSA) is 62.3 Å². The van der Waals surface area contributed by atoms with E-state index in [1.165, 1.54) is 15.6 Å². The largest absolute Gasteiger partial charge is 0.309 e. The highest BCUT2D eigenvalue weighted by molar-refractivity contribution is 7.93. The molecule has 1 saturated heterocycles. The molecule has 1 aliphatic rings. The summed E-state index contributed by atoms with van der Waals surface area (Å²) in [6.07, 6.45) is 2.74. The van der Waals surface area contributed by atoms with E-state index in [2.05, 4.69) is 24.1 Å². The molecular formula is C12H21N3O2S2. The van der Waals surface area contributed by atoms with Gasteiger partial charge in [-0.25, -0.2) is 17.7 Å². The Morgan fingerprint density at radius 1 is 1.53 bits per heavy atom. The van der Waals surface area contributed by atoms with Gasteiger partial charge in [0.2, 0.25) is 10.0 Å². The van der Waals surface area contributed by atoms with E-state index in [0.29, 0.717) is 11.7 Å². The lowest BCUT2D eigenvalue weighted by Gasteiger charge is -2.25. The van der Waals surface area contributed by atoms with Crippen molar-refractivity contribution in [1.82, 2.24) is 10.3 Å². The summed E-state index contributed by atoms with van der Waals surface area (Å²) >= 11 is 1.42. The molecule has 19 heavy (non-hydrogen) atoms. The molecule has 1 N–H and O–H groups in total. The van der Waals surface area contributed by atoms with Crippen molar-refractivity contribution >= 4 is 26.5 Å². The van der Waals surface area contributed by atoms with Gasteiger partial charge in [-0.1, -0.05) is 6.92 Å². The maximum Gasteiger partial charge on any atom is 0.236 e. The Kier molecular flexibility index (Phi) is 4.81. The molecular weight excluding hydrogens is 282 g/mol.